The number of methoxy groups -OCH3 is 1. The van der Waals surface area contributed by atoms with E-state index in [0.717, 1.165) is 17.2 Å². The van der Waals surface area contributed by atoms with Crippen molar-refractivity contribution in [2.75, 3.05) is 7.11 Å². The molecule has 1 N–H and O–H groups in total. The molecule has 0 fully saturated rings. The van der Waals surface area contributed by atoms with Gasteiger partial charge in [0.1, 0.15) is 0 Å². The van der Waals surface area contributed by atoms with E-state index < -0.39 is 0 Å². The molecule has 0 unspecified atom stereocenters. The number of H-pyrrole nitrogens is 1. The number of esters is 1. The molecule has 0 aliphatic heterocycles. The van der Waals surface area contributed by atoms with Crippen LogP contribution < -0.4 is 0 Å². The molecule has 1 aromatic heterocycles. The number of hydrogen-bond acceptors (Lipinski definition) is 3. The quantitative estimate of drug-likeness (QED) is 0.628. The van der Waals surface area contributed by atoms with Crippen molar-refractivity contribution in [2.24, 2.45) is 0 Å². The Kier molecular flexibility index (Phi) is 2.72. The van der Waals surface area contributed by atoms with Crippen LogP contribution in [0.25, 0.3) is 10.9 Å². The van der Waals surface area contributed by atoms with Crippen molar-refractivity contribution >= 4 is 23.2 Å². The summed E-state index contributed by atoms with van der Waals surface area (Å²) in [6, 6.07) is 7.43. The molecule has 1 heterocycles. The normalized spacial score (nSPS) is 10.3. The van der Waals surface area contributed by atoms with Gasteiger partial charge >= 0.3 is 5.97 Å². The van der Waals surface area contributed by atoms with Gasteiger partial charge in [-0.1, -0.05) is 18.2 Å². The highest BCUT2D eigenvalue weighted by atomic mass is 16.5. The maximum Gasteiger partial charge on any atom is 0.311 e. The van der Waals surface area contributed by atoms with E-state index in [2.05, 4.69) is 9.72 Å². The number of nitrogens with one attached hydrogen (secondary N) is 1. The fraction of sp³-hybridized carbons (Fsp3) is 0.167. The summed E-state index contributed by atoms with van der Waals surface area (Å²) < 4.78 is 4.57. The van der Waals surface area contributed by atoms with Crippen LogP contribution in [0.2, 0.25) is 0 Å². The van der Waals surface area contributed by atoms with Crippen LogP contribution in [0.1, 0.15) is 16.1 Å². The molecule has 0 atom stereocenters. The van der Waals surface area contributed by atoms with Gasteiger partial charge in [0.2, 0.25) is 0 Å². The summed E-state index contributed by atoms with van der Waals surface area (Å²) in [6.45, 7) is 0. The van der Waals surface area contributed by atoms with Crippen molar-refractivity contribution < 1.29 is 14.3 Å². The first-order valence-electron chi connectivity index (χ1n) is 4.88. The highest BCUT2D eigenvalue weighted by molar-refractivity contribution is 5.99. The summed E-state index contributed by atoms with van der Waals surface area (Å²) in [7, 11) is 1.32. The van der Waals surface area contributed by atoms with Crippen molar-refractivity contribution in [3.63, 3.8) is 0 Å². The zero-order chi connectivity index (χ0) is 11.5. The molecule has 1 aromatic carbocycles. The van der Waals surface area contributed by atoms with Gasteiger partial charge < -0.3 is 9.72 Å². The van der Waals surface area contributed by atoms with Gasteiger partial charge in [0.25, 0.3) is 0 Å². The number of fused-ring (bicyclic) bond motifs is 1. The minimum absolute atomic E-state index is 0.0826. The van der Waals surface area contributed by atoms with Gasteiger partial charge in [0, 0.05) is 22.2 Å². The Balaban J connectivity index is 2.52. The number of aldehydes is 1. The van der Waals surface area contributed by atoms with Crippen molar-refractivity contribution in [1.29, 1.82) is 0 Å². The number of hydrogen-bond donors (Lipinski definition) is 1. The van der Waals surface area contributed by atoms with Gasteiger partial charge in [-0.25, -0.2) is 0 Å². The van der Waals surface area contributed by atoms with E-state index in [0.29, 0.717) is 11.3 Å². The second kappa shape index (κ2) is 4.18. The van der Waals surface area contributed by atoms with Crippen molar-refractivity contribution in [2.45, 2.75) is 6.42 Å². The third-order valence-corrected chi connectivity index (χ3v) is 2.49. The van der Waals surface area contributed by atoms with E-state index in [-0.39, 0.29) is 12.4 Å². The minimum Gasteiger partial charge on any atom is -0.469 e. The van der Waals surface area contributed by atoms with Crippen LogP contribution in [-0.2, 0) is 16.0 Å². The van der Waals surface area contributed by atoms with Gasteiger partial charge in [-0.3, -0.25) is 9.59 Å². The molecule has 2 aromatic rings. The van der Waals surface area contributed by atoms with E-state index in [1.54, 1.807) is 0 Å². The molecule has 4 nitrogen and oxygen atoms in total. The van der Waals surface area contributed by atoms with E-state index in [1.165, 1.54) is 7.11 Å². The van der Waals surface area contributed by atoms with Crippen LogP contribution in [-0.4, -0.2) is 24.3 Å². The molecule has 0 radical (unpaired) electrons. The topological polar surface area (TPSA) is 59.2 Å². The average Bonchev–Trinajstić information content (AvgIpc) is 2.65. The Bertz CT molecular complexity index is 542. The predicted octanol–water partition coefficient (Wildman–Crippen LogP) is 1.70. The van der Waals surface area contributed by atoms with E-state index in [9.17, 15) is 9.59 Å². The average molecular weight is 217 g/mol. The number of para-hydroxylation sites is 1. The van der Waals surface area contributed by atoms with Crippen LogP contribution in [0.5, 0.6) is 0 Å². The zero-order valence-corrected chi connectivity index (χ0v) is 8.82. The Morgan fingerprint density at radius 3 is 2.88 bits per heavy atom. The number of benzene rings is 1. The Hall–Kier alpha value is -2.10. The SMILES string of the molecule is COC(=O)Cc1[nH]c2ccccc2c1C=O. The molecule has 0 saturated carbocycles. The van der Waals surface area contributed by atoms with Gasteiger partial charge in [-0.05, 0) is 6.07 Å². The zero-order valence-electron chi connectivity index (χ0n) is 8.82. The first kappa shape index (κ1) is 10.4. The van der Waals surface area contributed by atoms with Crippen molar-refractivity contribution in [3.8, 4) is 0 Å². The lowest BCUT2D eigenvalue weighted by Crippen LogP contribution is -2.06. The third-order valence-electron chi connectivity index (χ3n) is 2.49. The van der Waals surface area contributed by atoms with E-state index in [1.807, 2.05) is 24.3 Å². The van der Waals surface area contributed by atoms with Crippen LogP contribution >= 0.6 is 0 Å². The molecule has 82 valence electrons. The number of aromatic amines is 1. The van der Waals surface area contributed by atoms with E-state index >= 15 is 0 Å². The first-order chi connectivity index (χ1) is 7.76. The Morgan fingerprint density at radius 1 is 1.44 bits per heavy atom. The lowest BCUT2D eigenvalue weighted by atomic mass is 10.1. The Labute approximate surface area is 92.2 Å². The summed E-state index contributed by atoms with van der Waals surface area (Å²) in [5.74, 6) is -0.366. The first-order valence-corrected chi connectivity index (χ1v) is 4.88. The van der Waals surface area contributed by atoms with Gasteiger partial charge in [-0.15, -0.1) is 0 Å². The second-order valence-electron chi connectivity index (χ2n) is 3.43. The molecule has 0 saturated heterocycles. The number of aromatic nitrogens is 1. The summed E-state index contributed by atoms with van der Waals surface area (Å²) in [5.41, 5.74) is 1.98. The molecule has 0 aliphatic rings. The monoisotopic (exact) mass is 217 g/mol. The fourth-order valence-electron chi connectivity index (χ4n) is 1.71. The minimum atomic E-state index is -0.366. The van der Waals surface area contributed by atoms with E-state index in [4.69, 9.17) is 0 Å². The number of rotatable bonds is 3. The van der Waals surface area contributed by atoms with Crippen molar-refractivity contribution in [1.82, 2.24) is 4.98 Å². The molecule has 16 heavy (non-hydrogen) atoms. The molecule has 0 aliphatic carbocycles. The molecular formula is C12H11NO3. The maximum atomic E-state index is 11.2. The van der Waals surface area contributed by atoms with Gasteiger partial charge in [-0.2, -0.15) is 0 Å². The number of carbonyl (C=O) groups excluding carboxylic acids is 2. The number of ether oxygens (including phenoxy) is 1. The maximum absolute atomic E-state index is 11.2. The lowest BCUT2D eigenvalue weighted by Gasteiger charge is -1.97. The third kappa shape index (κ3) is 1.69. The molecule has 0 spiro atoms. The highest BCUT2D eigenvalue weighted by Gasteiger charge is 2.13. The number of carbonyl (C=O) groups is 2. The summed E-state index contributed by atoms with van der Waals surface area (Å²) in [6.07, 6.45) is 0.844. The summed E-state index contributed by atoms with van der Waals surface area (Å²) in [5, 5.41) is 0.830. The standard InChI is InChI=1S/C12H11NO3/c1-16-12(15)6-11-9(7-14)8-4-2-3-5-10(8)13-11/h2-5,7,13H,6H2,1H3. The summed E-state index contributed by atoms with van der Waals surface area (Å²) in [4.78, 5) is 25.2. The van der Waals surface area contributed by atoms with Gasteiger partial charge in [0.05, 0.1) is 13.5 Å². The predicted molar refractivity (Wildman–Crippen MR) is 59.4 cm³/mol. The molecule has 2 rings (SSSR count). The van der Waals surface area contributed by atoms with Crippen LogP contribution in [0.3, 0.4) is 0 Å². The Morgan fingerprint density at radius 2 is 2.19 bits per heavy atom. The van der Waals surface area contributed by atoms with Crippen molar-refractivity contribution in [3.05, 3.63) is 35.5 Å². The molecule has 0 bridgehead atoms. The van der Waals surface area contributed by atoms with Gasteiger partial charge in [0.15, 0.2) is 6.29 Å². The van der Waals surface area contributed by atoms with Crippen LogP contribution in [0.15, 0.2) is 24.3 Å². The van der Waals surface area contributed by atoms with Crippen LogP contribution in [0, 0.1) is 0 Å². The smallest absolute Gasteiger partial charge is 0.311 e. The molecule has 4 heteroatoms. The fourth-order valence-corrected chi connectivity index (χ4v) is 1.71. The molecular weight excluding hydrogens is 206 g/mol. The lowest BCUT2D eigenvalue weighted by molar-refractivity contribution is -0.139. The highest BCUT2D eigenvalue weighted by Crippen LogP contribution is 2.21. The summed E-state index contributed by atoms with van der Waals surface area (Å²) >= 11 is 0. The molecule has 0 amide bonds. The largest absolute Gasteiger partial charge is 0.469 e. The van der Waals surface area contributed by atoms with Crippen LogP contribution in [0.4, 0.5) is 0 Å². The second-order valence-corrected chi connectivity index (χ2v) is 3.43.